The lowest BCUT2D eigenvalue weighted by atomic mass is 10.1. The van der Waals surface area contributed by atoms with E-state index in [-0.39, 0.29) is 5.91 Å². The summed E-state index contributed by atoms with van der Waals surface area (Å²) < 4.78 is 6.43. The number of nitrogens with one attached hydrogen (secondary N) is 1. The number of amides is 1. The first-order valence-corrected chi connectivity index (χ1v) is 6.77. The van der Waals surface area contributed by atoms with Gasteiger partial charge >= 0.3 is 0 Å². The van der Waals surface area contributed by atoms with Crippen LogP contribution in [0.15, 0.2) is 35.3 Å². The molecule has 1 amide bonds. The van der Waals surface area contributed by atoms with Crippen LogP contribution in [0.5, 0.6) is 5.75 Å². The van der Waals surface area contributed by atoms with E-state index >= 15 is 0 Å². The van der Waals surface area contributed by atoms with E-state index in [0.717, 1.165) is 4.47 Å². The Morgan fingerprint density at radius 2 is 2.26 bits per heavy atom. The first-order valence-electron chi connectivity index (χ1n) is 5.98. The minimum Gasteiger partial charge on any atom is -0.480 e. The molecule has 0 radical (unpaired) electrons. The minimum atomic E-state index is -0.661. The third-order valence-electron chi connectivity index (χ3n) is 2.52. The summed E-state index contributed by atoms with van der Waals surface area (Å²) in [6, 6.07) is 5.31. The number of aliphatic hydroxyl groups excluding tert-OH is 1. The van der Waals surface area contributed by atoms with E-state index < -0.39 is 12.2 Å². The number of aliphatic hydroxyl groups is 1. The summed E-state index contributed by atoms with van der Waals surface area (Å²) in [7, 11) is 0. The van der Waals surface area contributed by atoms with E-state index in [1.54, 1.807) is 32.1 Å². The molecular weight excluding hydrogens is 310 g/mol. The Morgan fingerprint density at radius 3 is 2.84 bits per heavy atom. The van der Waals surface area contributed by atoms with E-state index in [0.29, 0.717) is 17.9 Å². The standard InChI is InChI=1S/C14H18BrNO3/c1-4-7-16-14(18)10(3)19-13-8-11(15)5-6-12(13)9(2)17/h4-6,8-10,17H,1,7H2,2-3H3,(H,16,18)/t9-,10?/m0/s1. The number of benzene rings is 1. The van der Waals surface area contributed by atoms with Gasteiger partial charge in [0, 0.05) is 16.6 Å². The predicted molar refractivity (Wildman–Crippen MR) is 78.1 cm³/mol. The third kappa shape index (κ3) is 4.69. The van der Waals surface area contributed by atoms with Crippen molar-refractivity contribution in [3.8, 4) is 5.75 Å². The molecule has 104 valence electrons. The van der Waals surface area contributed by atoms with Gasteiger partial charge < -0.3 is 15.2 Å². The van der Waals surface area contributed by atoms with Crippen LogP contribution in [0.3, 0.4) is 0 Å². The summed E-state index contributed by atoms with van der Waals surface area (Å²) in [6.07, 6.45) is 0.295. The molecule has 0 aliphatic carbocycles. The third-order valence-corrected chi connectivity index (χ3v) is 3.01. The van der Waals surface area contributed by atoms with Gasteiger partial charge in [-0.15, -0.1) is 6.58 Å². The largest absolute Gasteiger partial charge is 0.480 e. The molecule has 0 saturated carbocycles. The van der Waals surface area contributed by atoms with Crippen molar-refractivity contribution in [2.45, 2.75) is 26.1 Å². The number of halogens is 1. The molecule has 2 atom stereocenters. The van der Waals surface area contributed by atoms with Crippen LogP contribution in [0.4, 0.5) is 0 Å². The second-order valence-corrected chi connectivity index (χ2v) is 5.07. The number of carbonyl (C=O) groups excluding carboxylic acids is 1. The fraction of sp³-hybridized carbons (Fsp3) is 0.357. The highest BCUT2D eigenvalue weighted by atomic mass is 79.9. The van der Waals surface area contributed by atoms with Gasteiger partial charge in [-0.2, -0.15) is 0 Å². The predicted octanol–water partition coefficient (Wildman–Crippen LogP) is 2.57. The van der Waals surface area contributed by atoms with Gasteiger partial charge in [-0.25, -0.2) is 0 Å². The van der Waals surface area contributed by atoms with Crippen LogP contribution in [0.2, 0.25) is 0 Å². The Balaban J connectivity index is 2.83. The molecule has 5 heteroatoms. The smallest absolute Gasteiger partial charge is 0.261 e. The molecule has 1 aromatic rings. The van der Waals surface area contributed by atoms with Crippen molar-refractivity contribution in [3.63, 3.8) is 0 Å². The van der Waals surface area contributed by atoms with Crippen LogP contribution in [-0.4, -0.2) is 23.7 Å². The van der Waals surface area contributed by atoms with E-state index in [9.17, 15) is 9.90 Å². The van der Waals surface area contributed by atoms with Gasteiger partial charge in [-0.05, 0) is 26.0 Å². The number of carbonyl (C=O) groups is 1. The summed E-state index contributed by atoms with van der Waals surface area (Å²) in [5.41, 5.74) is 0.645. The quantitative estimate of drug-likeness (QED) is 0.789. The topological polar surface area (TPSA) is 58.6 Å². The Labute approximate surface area is 121 Å². The van der Waals surface area contributed by atoms with Gasteiger partial charge in [0.15, 0.2) is 6.10 Å². The Hall–Kier alpha value is -1.33. The summed E-state index contributed by atoms with van der Waals surface area (Å²) >= 11 is 3.34. The summed E-state index contributed by atoms with van der Waals surface area (Å²) in [4.78, 5) is 11.7. The average Bonchev–Trinajstić information content (AvgIpc) is 2.35. The number of rotatable bonds is 6. The lowest BCUT2D eigenvalue weighted by Crippen LogP contribution is -2.36. The molecule has 0 aliphatic rings. The van der Waals surface area contributed by atoms with Crippen LogP contribution in [-0.2, 0) is 4.79 Å². The van der Waals surface area contributed by atoms with Gasteiger partial charge in [0.1, 0.15) is 5.75 Å². The van der Waals surface area contributed by atoms with Gasteiger partial charge in [0.25, 0.3) is 5.91 Å². The lowest BCUT2D eigenvalue weighted by molar-refractivity contribution is -0.127. The van der Waals surface area contributed by atoms with Crippen LogP contribution in [0, 0.1) is 0 Å². The minimum absolute atomic E-state index is 0.226. The van der Waals surface area contributed by atoms with E-state index in [2.05, 4.69) is 27.8 Å². The second-order valence-electron chi connectivity index (χ2n) is 4.15. The van der Waals surface area contributed by atoms with Crippen molar-refractivity contribution in [3.05, 3.63) is 40.9 Å². The van der Waals surface area contributed by atoms with Crippen molar-refractivity contribution in [2.75, 3.05) is 6.54 Å². The van der Waals surface area contributed by atoms with E-state index in [1.165, 1.54) is 0 Å². The molecule has 0 fully saturated rings. The highest BCUT2D eigenvalue weighted by Crippen LogP contribution is 2.29. The number of ether oxygens (including phenoxy) is 1. The maximum atomic E-state index is 11.7. The Kier molecular flexibility index (Phi) is 6.05. The number of hydrogen-bond donors (Lipinski definition) is 2. The second kappa shape index (κ2) is 7.31. The molecule has 1 rings (SSSR count). The maximum Gasteiger partial charge on any atom is 0.261 e. The highest BCUT2D eigenvalue weighted by Gasteiger charge is 2.17. The Morgan fingerprint density at radius 1 is 1.58 bits per heavy atom. The molecule has 0 aliphatic heterocycles. The molecule has 0 heterocycles. The van der Waals surface area contributed by atoms with Gasteiger partial charge in [0.2, 0.25) is 0 Å². The van der Waals surface area contributed by atoms with E-state index in [4.69, 9.17) is 4.74 Å². The lowest BCUT2D eigenvalue weighted by Gasteiger charge is -2.18. The van der Waals surface area contributed by atoms with Crippen molar-refractivity contribution in [2.24, 2.45) is 0 Å². The van der Waals surface area contributed by atoms with Crippen molar-refractivity contribution in [1.82, 2.24) is 5.32 Å². The molecular formula is C14H18BrNO3. The molecule has 0 spiro atoms. The van der Waals surface area contributed by atoms with Crippen LogP contribution < -0.4 is 10.1 Å². The van der Waals surface area contributed by atoms with Gasteiger partial charge in [-0.1, -0.05) is 28.1 Å². The van der Waals surface area contributed by atoms with E-state index in [1.807, 2.05) is 6.07 Å². The average molecular weight is 328 g/mol. The normalized spacial score (nSPS) is 13.5. The zero-order chi connectivity index (χ0) is 14.4. The monoisotopic (exact) mass is 327 g/mol. The molecule has 1 aromatic carbocycles. The molecule has 19 heavy (non-hydrogen) atoms. The fourth-order valence-corrected chi connectivity index (χ4v) is 1.86. The van der Waals surface area contributed by atoms with Gasteiger partial charge in [-0.3, -0.25) is 4.79 Å². The SMILES string of the molecule is C=CCNC(=O)C(C)Oc1cc(Br)ccc1[C@H](C)O. The first kappa shape index (κ1) is 15.7. The zero-order valence-electron chi connectivity index (χ0n) is 11.0. The molecule has 0 bridgehead atoms. The van der Waals surface area contributed by atoms with Crippen LogP contribution in [0.25, 0.3) is 0 Å². The van der Waals surface area contributed by atoms with Crippen molar-refractivity contribution in [1.29, 1.82) is 0 Å². The summed E-state index contributed by atoms with van der Waals surface area (Å²) in [5.74, 6) is 0.266. The van der Waals surface area contributed by atoms with Crippen LogP contribution in [0.1, 0.15) is 25.5 Å². The first-order chi connectivity index (χ1) is 8.95. The fourth-order valence-electron chi connectivity index (χ4n) is 1.52. The maximum absolute atomic E-state index is 11.7. The molecule has 4 nitrogen and oxygen atoms in total. The molecule has 0 aromatic heterocycles. The Bertz CT molecular complexity index is 460. The van der Waals surface area contributed by atoms with Gasteiger partial charge in [0.05, 0.1) is 6.10 Å². The summed E-state index contributed by atoms with van der Waals surface area (Å²) in [6.45, 7) is 7.24. The molecule has 0 saturated heterocycles. The van der Waals surface area contributed by atoms with Crippen molar-refractivity contribution >= 4 is 21.8 Å². The van der Waals surface area contributed by atoms with Crippen molar-refractivity contribution < 1.29 is 14.6 Å². The molecule has 2 N–H and O–H groups in total. The summed E-state index contributed by atoms with van der Waals surface area (Å²) in [5, 5.41) is 12.3. The molecule has 1 unspecified atom stereocenters. The number of hydrogen-bond acceptors (Lipinski definition) is 3. The highest BCUT2D eigenvalue weighted by molar-refractivity contribution is 9.10. The zero-order valence-corrected chi connectivity index (χ0v) is 12.6. The van der Waals surface area contributed by atoms with Crippen LogP contribution >= 0.6 is 15.9 Å².